The molecular weight excluding hydrogens is 303 g/mol. The molecule has 0 aliphatic carbocycles. The van der Waals surface area contributed by atoms with Gasteiger partial charge in [-0.3, -0.25) is 0 Å². The van der Waals surface area contributed by atoms with Gasteiger partial charge < -0.3 is 10.4 Å². The van der Waals surface area contributed by atoms with Crippen molar-refractivity contribution >= 4 is 0 Å². The predicted octanol–water partition coefficient (Wildman–Crippen LogP) is 4.27. The number of nitrogens with one attached hydrogen (secondary N) is 1. The van der Waals surface area contributed by atoms with Crippen LogP contribution in [0.1, 0.15) is 43.0 Å². The van der Waals surface area contributed by atoms with Crippen LogP contribution in [0.15, 0.2) is 42.5 Å². The van der Waals surface area contributed by atoms with E-state index in [-0.39, 0.29) is 18.7 Å². The van der Waals surface area contributed by atoms with E-state index < -0.39 is 17.5 Å². The summed E-state index contributed by atoms with van der Waals surface area (Å²) in [6.07, 6.45) is 1.28. The fraction of sp³-hybridized carbons (Fsp3) is 0.333. The molecule has 0 saturated heterocycles. The first kappa shape index (κ1) is 17.5. The molecule has 2 nitrogen and oxygen atoms in total. The minimum atomic E-state index is -1.46. The van der Waals surface area contributed by atoms with Crippen LogP contribution >= 0.6 is 0 Å². The highest BCUT2D eigenvalue weighted by atomic mass is 19.2. The Morgan fingerprint density at radius 1 is 1.00 bits per heavy atom. The molecule has 2 aromatic carbocycles. The van der Waals surface area contributed by atoms with E-state index in [4.69, 9.17) is 5.11 Å². The molecule has 2 N–H and O–H groups in total. The van der Waals surface area contributed by atoms with Crippen LogP contribution < -0.4 is 5.32 Å². The van der Waals surface area contributed by atoms with E-state index in [9.17, 15) is 13.2 Å². The zero-order chi connectivity index (χ0) is 16.8. The lowest BCUT2D eigenvalue weighted by Gasteiger charge is -2.24. The number of aliphatic hydroxyl groups is 1. The molecule has 2 atom stereocenters. The third-order valence-corrected chi connectivity index (χ3v) is 3.81. The molecule has 0 aliphatic heterocycles. The fourth-order valence-corrected chi connectivity index (χ4v) is 2.55. The molecule has 2 aromatic rings. The topological polar surface area (TPSA) is 32.3 Å². The lowest BCUT2D eigenvalue weighted by Crippen LogP contribution is -2.25. The van der Waals surface area contributed by atoms with Crippen molar-refractivity contribution in [2.75, 3.05) is 6.61 Å². The number of benzene rings is 2. The van der Waals surface area contributed by atoms with Crippen molar-refractivity contribution in [2.24, 2.45) is 0 Å². The maximum Gasteiger partial charge on any atom is 0.194 e. The molecular formula is C18H20F3NO. The highest BCUT2D eigenvalue weighted by molar-refractivity contribution is 5.24. The van der Waals surface area contributed by atoms with E-state index in [1.165, 1.54) is 0 Å². The van der Waals surface area contributed by atoms with Gasteiger partial charge in [0.1, 0.15) is 0 Å². The molecule has 0 saturated carbocycles. The van der Waals surface area contributed by atoms with Gasteiger partial charge >= 0.3 is 0 Å². The molecule has 0 aromatic heterocycles. The molecule has 0 unspecified atom stereocenters. The number of aliphatic hydroxyl groups excluding tert-OH is 1. The van der Waals surface area contributed by atoms with E-state index in [0.717, 1.165) is 17.7 Å². The summed E-state index contributed by atoms with van der Waals surface area (Å²) in [5, 5.41) is 12.3. The van der Waals surface area contributed by atoms with Crippen LogP contribution in [0.5, 0.6) is 0 Å². The standard InChI is InChI=1S/C18H20F3NO/c1-12(14-10-15(19)18(21)16(20)11-14)22-17(8-5-9-23)13-6-3-2-4-7-13/h2-4,6-7,10-12,17,22-23H,5,8-9H2,1H3/t12-,17-/m0/s1. The van der Waals surface area contributed by atoms with E-state index in [1.54, 1.807) is 6.92 Å². The summed E-state index contributed by atoms with van der Waals surface area (Å²) < 4.78 is 39.8. The minimum Gasteiger partial charge on any atom is -0.396 e. The van der Waals surface area contributed by atoms with E-state index in [2.05, 4.69) is 5.32 Å². The van der Waals surface area contributed by atoms with Gasteiger partial charge in [0.25, 0.3) is 0 Å². The minimum absolute atomic E-state index is 0.0686. The average Bonchev–Trinajstić information content (AvgIpc) is 2.56. The van der Waals surface area contributed by atoms with Crippen LogP contribution in [0, 0.1) is 17.5 Å². The van der Waals surface area contributed by atoms with Crippen LogP contribution in [0.3, 0.4) is 0 Å². The highest BCUT2D eigenvalue weighted by Gasteiger charge is 2.18. The smallest absolute Gasteiger partial charge is 0.194 e. The summed E-state index contributed by atoms with van der Waals surface area (Å²) in [6, 6.07) is 11.2. The van der Waals surface area contributed by atoms with Crippen molar-refractivity contribution in [3.8, 4) is 0 Å². The lowest BCUT2D eigenvalue weighted by molar-refractivity contribution is 0.272. The fourth-order valence-electron chi connectivity index (χ4n) is 2.55. The Bertz CT molecular complexity index is 610. The van der Waals surface area contributed by atoms with Crippen molar-refractivity contribution in [3.63, 3.8) is 0 Å². The zero-order valence-corrected chi connectivity index (χ0v) is 12.9. The monoisotopic (exact) mass is 323 g/mol. The Morgan fingerprint density at radius 2 is 1.61 bits per heavy atom. The molecule has 0 spiro atoms. The number of hydrogen-bond acceptors (Lipinski definition) is 2. The number of halogens is 3. The van der Waals surface area contributed by atoms with Crippen LogP contribution in [0.2, 0.25) is 0 Å². The van der Waals surface area contributed by atoms with Gasteiger partial charge in [-0.15, -0.1) is 0 Å². The number of rotatable bonds is 7. The molecule has 0 amide bonds. The molecule has 2 rings (SSSR count). The Hall–Kier alpha value is -1.85. The van der Waals surface area contributed by atoms with Gasteiger partial charge in [0.15, 0.2) is 17.5 Å². The maximum atomic E-state index is 13.4. The highest BCUT2D eigenvalue weighted by Crippen LogP contribution is 2.25. The van der Waals surface area contributed by atoms with E-state index >= 15 is 0 Å². The second-order valence-electron chi connectivity index (χ2n) is 5.52. The molecule has 0 bridgehead atoms. The third-order valence-electron chi connectivity index (χ3n) is 3.81. The Balaban J connectivity index is 2.18. The largest absolute Gasteiger partial charge is 0.396 e. The molecule has 5 heteroatoms. The summed E-state index contributed by atoms with van der Waals surface area (Å²) >= 11 is 0. The summed E-state index contributed by atoms with van der Waals surface area (Å²) in [7, 11) is 0. The average molecular weight is 323 g/mol. The Kier molecular flexibility index (Phi) is 6.19. The summed E-state index contributed by atoms with van der Waals surface area (Å²) in [6.45, 7) is 1.83. The molecule has 0 aliphatic rings. The van der Waals surface area contributed by atoms with Crippen LogP contribution in [0.4, 0.5) is 13.2 Å². The molecule has 23 heavy (non-hydrogen) atoms. The van der Waals surface area contributed by atoms with E-state index in [0.29, 0.717) is 18.4 Å². The summed E-state index contributed by atoms with van der Waals surface area (Å²) in [4.78, 5) is 0. The van der Waals surface area contributed by atoms with Crippen LogP contribution in [-0.2, 0) is 0 Å². The van der Waals surface area contributed by atoms with Crippen molar-refractivity contribution in [1.29, 1.82) is 0 Å². The molecule has 124 valence electrons. The molecule has 0 fully saturated rings. The Labute approximate surface area is 134 Å². The van der Waals surface area contributed by atoms with Gasteiger partial charge in [0, 0.05) is 18.7 Å². The first-order valence-corrected chi connectivity index (χ1v) is 7.59. The van der Waals surface area contributed by atoms with Gasteiger partial charge in [-0.2, -0.15) is 0 Å². The van der Waals surface area contributed by atoms with Gasteiger partial charge in [-0.25, -0.2) is 13.2 Å². The predicted molar refractivity (Wildman–Crippen MR) is 83.4 cm³/mol. The first-order valence-electron chi connectivity index (χ1n) is 7.59. The van der Waals surface area contributed by atoms with Gasteiger partial charge in [-0.05, 0) is 43.0 Å². The summed E-state index contributed by atoms with van der Waals surface area (Å²) in [5.74, 6) is -3.85. The lowest BCUT2D eigenvalue weighted by atomic mass is 9.99. The second-order valence-corrected chi connectivity index (χ2v) is 5.52. The van der Waals surface area contributed by atoms with Gasteiger partial charge in [0.2, 0.25) is 0 Å². The Morgan fingerprint density at radius 3 is 2.17 bits per heavy atom. The maximum absolute atomic E-state index is 13.4. The molecule has 0 radical (unpaired) electrons. The first-order chi connectivity index (χ1) is 11.0. The zero-order valence-electron chi connectivity index (χ0n) is 12.9. The van der Waals surface area contributed by atoms with E-state index in [1.807, 2.05) is 30.3 Å². The van der Waals surface area contributed by atoms with Gasteiger partial charge in [0.05, 0.1) is 0 Å². The van der Waals surface area contributed by atoms with Crippen molar-refractivity contribution in [1.82, 2.24) is 5.32 Å². The third kappa shape index (κ3) is 4.56. The quantitative estimate of drug-likeness (QED) is 0.746. The van der Waals surface area contributed by atoms with Crippen LogP contribution in [-0.4, -0.2) is 11.7 Å². The van der Waals surface area contributed by atoms with Crippen LogP contribution in [0.25, 0.3) is 0 Å². The second kappa shape index (κ2) is 8.13. The summed E-state index contributed by atoms with van der Waals surface area (Å²) in [5.41, 5.74) is 1.36. The number of hydrogen-bond donors (Lipinski definition) is 2. The normalized spacial score (nSPS) is 13.8. The molecule has 0 heterocycles. The van der Waals surface area contributed by atoms with Crippen molar-refractivity contribution in [2.45, 2.75) is 31.8 Å². The van der Waals surface area contributed by atoms with Crippen molar-refractivity contribution < 1.29 is 18.3 Å². The van der Waals surface area contributed by atoms with Gasteiger partial charge in [-0.1, -0.05) is 30.3 Å². The van der Waals surface area contributed by atoms with Crippen molar-refractivity contribution in [3.05, 3.63) is 71.0 Å². The SMILES string of the molecule is C[C@H](N[C@@H](CCCO)c1ccccc1)c1cc(F)c(F)c(F)c1.